The quantitative estimate of drug-likeness (QED) is 0.718. The van der Waals surface area contributed by atoms with Crippen molar-refractivity contribution in [3.8, 4) is 17.0 Å². The topological polar surface area (TPSA) is 39.9 Å². The minimum Gasteiger partial charge on any atom is -0.497 e. The van der Waals surface area contributed by atoms with E-state index in [-0.39, 0.29) is 0 Å². The fraction of sp³-hybridized carbons (Fsp3) is 0.200. The summed E-state index contributed by atoms with van der Waals surface area (Å²) in [4.78, 5) is 9.13. The molecule has 0 aliphatic carbocycles. The van der Waals surface area contributed by atoms with Gasteiger partial charge in [-0.3, -0.25) is 0 Å². The summed E-state index contributed by atoms with van der Waals surface area (Å²) in [5.41, 5.74) is 2.85. The van der Waals surface area contributed by atoms with E-state index in [0.29, 0.717) is 0 Å². The van der Waals surface area contributed by atoms with Crippen LogP contribution in [-0.4, -0.2) is 21.6 Å². The van der Waals surface area contributed by atoms with Crippen molar-refractivity contribution < 1.29 is 4.74 Å². The van der Waals surface area contributed by atoms with Gasteiger partial charge >= 0.3 is 0 Å². The molecule has 1 aromatic carbocycles. The molecule has 5 heteroatoms. The highest BCUT2D eigenvalue weighted by molar-refractivity contribution is 9.10. The Morgan fingerprint density at radius 2 is 2.05 bits per heavy atom. The predicted molar refractivity (Wildman–Crippen MR) is 82.9 cm³/mol. The molecule has 0 amide bonds. The van der Waals surface area contributed by atoms with Crippen LogP contribution in [-0.2, 0) is 7.05 Å². The molecule has 0 radical (unpaired) electrons. The van der Waals surface area contributed by atoms with Gasteiger partial charge in [-0.15, -0.1) is 0 Å². The lowest BCUT2D eigenvalue weighted by atomic mass is 10.1. The van der Waals surface area contributed by atoms with E-state index in [1.54, 1.807) is 7.11 Å². The predicted octanol–water partition coefficient (Wildman–Crippen LogP) is 3.71. The second-order valence-electron chi connectivity index (χ2n) is 4.64. The van der Waals surface area contributed by atoms with Gasteiger partial charge < -0.3 is 9.30 Å². The van der Waals surface area contributed by atoms with Crippen molar-refractivity contribution in [2.75, 3.05) is 7.11 Å². The molecule has 0 atom stereocenters. The summed E-state index contributed by atoms with van der Waals surface area (Å²) in [6, 6.07) is 7.91. The van der Waals surface area contributed by atoms with Gasteiger partial charge in [0.15, 0.2) is 0 Å². The van der Waals surface area contributed by atoms with Crippen molar-refractivity contribution >= 4 is 27.0 Å². The van der Waals surface area contributed by atoms with Gasteiger partial charge in [0.1, 0.15) is 17.2 Å². The lowest BCUT2D eigenvalue weighted by Crippen LogP contribution is -1.96. The number of methoxy groups -OCH3 is 1. The van der Waals surface area contributed by atoms with Gasteiger partial charge in [-0.25, -0.2) is 9.97 Å². The average Bonchev–Trinajstić information content (AvgIpc) is 2.73. The maximum absolute atomic E-state index is 5.29. The number of rotatable bonds is 2. The first-order valence-electron chi connectivity index (χ1n) is 6.23. The number of benzene rings is 1. The first kappa shape index (κ1) is 13.1. The summed E-state index contributed by atoms with van der Waals surface area (Å²) in [7, 11) is 3.65. The van der Waals surface area contributed by atoms with Crippen molar-refractivity contribution in [2.45, 2.75) is 6.92 Å². The molecule has 0 aliphatic heterocycles. The smallest absolute Gasteiger partial charge is 0.145 e. The van der Waals surface area contributed by atoms with Crippen LogP contribution in [0.4, 0.5) is 0 Å². The molecule has 0 spiro atoms. The molecule has 102 valence electrons. The highest BCUT2D eigenvalue weighted by Gasteiger charge is 2.15. The van der Waals surface area contributed by atoms with Crippen LogP contribution in [0.1, 0.15) is 5.82 Å². The van der Waals surface area contributed by atoms with Crippen molar-refractivity contribution in [1.82, 2.24) is 14.5 Å². The Balaban J connectivity index is 2.34. The summed E-state index contributed by atoms with van der Waals surface area (Å²) in [5, 5.41) is 1.02. The molecule has 0 N–H and O–H groups in total. The Bertz CT molecular complexity index is 795. The van der Waals surface area contributed by atoms with Gasteiger partial charge in [-0.2, -0.15) is 0 Å². The molecule has 0 saturated carbocycles. The van der Waals surface area contributed by atoms with Gasteiger partial charge in [0.05, 0.1) is 18.2 Å². The van der Waals surface area contributed by atoms with Crippen LogP contribution < -0.4 is 4.74 Å². The normalized spacial score (nSPS) is 11.0. The second kappa shape index (κ2) is 4.90. The first-order valence-corrected chi connectivity index (χ1v) is 7.03. The summed E-state index contributed by atoms with van der Waals surface area (Å²) >= 11 is 3.59. The summed E-state index contributed by atoms with van der Waals surface area (Å²) in [6.07, 6.45) is 2.00. The Morgan fingerprint density at radius 3 is 2.80 bits per heavy atom. The molecular weight excluding hydrogens is 318 g/mol. The van der Waals surface area contributed by atoms with Crippen LogP contribution in [0.3, 0.4) is 0 Å². The maximum atomic E-state index is 5.29. The molecule has 20 heavy (non-hydrogen) atoms. The third-order valence-corrected chi connectivity index (χ3v) is 3.83. The number of aromatic nitrogens is 3. The molecule has 0 bridgehead atoms. The zero-order valence-corrected chi connectivity index (χ0v) is 13.1. The third-order valence-electron chi connectivity index (χ3n) is 3.22. The van der Waals surface area contributed by atoms with Crippen LogP contribution >= 0.6 is 15.9 Å². The van der Waals surface area contributed by atoms with E-state index in [9.17, 15) is 0 Å². The van der Waals surface area contributed by atoms with E-state index >= 15 is 0 Å². The van der Waals surface area contributed by atoms with E-state index in [1.165, 1.54) is 0 Å². The van der Waals surface area contributed by atoms with Gasteiger partial charge in [-0.05, 0) is 35.0 Å². The minimum atomic E-state index is 0.754. The number of hydrogen-bond acceptors (Lipinski definition) is 3. The lowest BCUT2D eigenvalue weighted by Gasteiger charge is -2.07. The number of aryl methyl sites for hydroxylation is 2. The van der Waals surface area contributed by atoms with Crippen molar-refractivity contribution in [3.63, 3.8) is 0 Å². The van der Waals surface area contributed by atoms with Crippen molar-refractivity contribution in [2.24, 2.45) is 7.05 Å². The molecule has 4 nitrogen and oxygen atoms in total. The fourth-order valence-electron chi connectivity index (χ4n) is 2.31. The summed E-state index contributed by atoms with van der Waals surface area (Å²) in [5.74, 6) is 1.57. The van der Waals surface area contributed by atoms with Crippen LogP contribution in [0.15, 0.2) is 34.9 Å². The largest absolute Gasteiger partial charge is 0.497 e. The van der Waals surface area contributed by atoms with Gasteiger partial charge in [-0.1, -0.05) is 12.1 Å². The Labute approximate surface area is 125 Å². The molecule has 0 saturated heterocycles. The van der Waals surface area contributed by atoms with Crippen molar-refractivity contribution in [1.29, 1.82) is 0 Å². The first-order chi connectivity index (χ1) is 9.60. The molecule has 0 fully saturated rings. The van der Waals surface area contributed by atoms with Gasteiger partial charge in [0.25, 0.3) is 0 Å². The summed E-state index contributed by atoms with van der Waals surface area (Å²) in [6.45, 7) is 1.91. The molecule has 0 aliphatic rings. The van der Waals surface area contributed by atoms with Crippen LogP contribution in [0.2, 0.25) is 0 Å². The SMILES string of the molecule is COc1cccc(-c2nc(C)nc3c2c(Br)cn3C)c1. The number of nitrogens with zero attached hydrogens (tertiary/aromatic N) is 3. The van der Waals surface area contributed by atoms with E-state index in [4.69, 9.17) is 4.74 Å². The molecule has 3 rings (SSSR count). The fourth-order valence-corrected chi connectivity index (χ4v) is 2.98. The molecule has 2 heterocycles. The van der Waals surface area contributed by atoms with Crippen LogP contribution in [0.25, 0.3) is 22.3 Å². The standard InChI is InChI=1S/C15H14BrN3O/c1-9-17-14(10-5-4-6-11(7-10)20-3)13-12(16)8-19(2)15(13)18-9/h4-8H,1-3H3. The van der Waals surface area contributed by atoms with Gasteiger partial charge in [0.2, 0.25) is 0 Å². The highest BCUT2D eigenvalue weighted by Crippen LogP contribution is 2.34. The number of halogens is 1. The average molecular weight is 332 g/mol. The maximum Gasteiger partial charge on any atom is 0.145 e. The Kier molecular flexibility index (Phi) is 3.22. The number of hydrogen-bond donors (Lipinski definition) is 0. The zero-order chi connectivity index (χ0) is 14.3. The van der Waals surface area contributed by atoms with E-state index in [0.717, 1.165) is 38.3 Å². The number of ether oxygens (including phenoxy) is 1. The van der Waals surface area contributed by atoms with E-state index < -0.39 is 0 Å². The Morgan fingerprint density at radius 1 is 1.25 bits per heavy atom. The molecule has 2 aromatic heterocycles. The summed E-state index contributed by atoms with van der Waals surface area (Å²) < 4.78 is 8.28. The minimum absolute atomic E-state index is 0.754. The molecule has 0 unspecified atom stereocenters. The van der Waals surface area contributed by atoms with Gasteiger partial charge in [0, 0.05) is 23.3 Å². The van der Waals surface area contributed by atoms with Crippen LogP contribution in [0, 0.1) is 6.92 Å². The molecular formula is C15H14BrN3O. The van der Waals surface area contributed by atoms with E-state index in [1.807, 2.05) is 49.0 Å². The molecule has 3 aromatic rings. The van der Waals surface area contributed by atoms with Crippen molar-refractivity contribution in [3.05, 3.63) is 40.8 Å². The second-order valence-corrected chi connectivity index (χ2v) is 5.49. The highest BCUT2D eigenvalue weighted by atomic mass is 79.9. The van der Waals surface area contributed by atoms with Crippen LogP contribution in [0.5, 0.6) is 5.75 Å². The zero-order valence-electron chi connectivity index (χ0n) is 11.5. The monoisotopic (exact) mass is 331 g/mol. The van der Waals surface area contributed by atoms with E-state index in [2.05, 4.69) is 25.9 Å². The Hall–Kier alpha value is -1.88. The number of fused-ring (bicyclic) bond motifs is 1. The third kappa shape index (κ3) is 2.08. The lowest BCUT2D eigenvalue weighted by molar-refractivity contribution is 0.415.